The number of ether oxygens (including phenoxy) is 1. The van der Waals surface area contributed by atoms with Crippen LogP contribution in [0.1, 0.15) is 20.3 Å². The second kappa shape index (κ2) is 3.69. The lowest BCUT2D eigenvalue weighted by molar-refractivity contribution is -0.156. The lowest BCUT2D eigenvalue weighted by atomic mass is 10.1. The zero-order valence-electron chi connectivity index (χ0n) is 6.26. The van der Waals surface area contributed by atoms with Gasteiger partial charge in [0.15, 0.2) is 5.60 Å². The van der Waals surface area contributed by atoms with Gasteiger partial charge in [0.2, 0.25) is 0 Å². The molecule has 11 heavy (non-hydrogen) atoms. The molecule has 1 N–H and O–H groups in total. The first-order chi connectivity index (χ1) is 4.90. The minimum absolute atomic E-state index is 0.163. The molecule has 0 saturated heterocycles. The van der Waals surface area contributed by atoms with Crippen LogP contribution in [0.4, 0.5) is 4.79 Å². The van der Waals surface area contributed by atoms with E-state index in [1.807, 2.05) is 0 Å². The van der Waals surface area contributed by atoms with Gasteiger partial charge < -0.3 is 9.84 Å². The highest BCUT2D eigenvalue weighted by Gasteiger charge is 2.31. The van der Waals surface area contributed by atoms with Crippen molar-refractivity contribution >= 4 is 23.0 Å². The lowest BCUT2D eigenvalue weighted by Gasteiger charge is -2.16. The SMILES string of the molecule is CCC(C)(O)C(=O)OC(=O)Cl. The van der Waals surface area contributed by atoms with Crippen LogP contribution in [0.25, 0.3) is 0 Å². The van der Waals surface area contributed by atoms with Crippen LogP contribution in [0.5, 0.6) is 0 Å². The molecule has 0 aliphatic carbocycles. The number of hydrogen-bond donors (Lipinski definition) is 1. The molecule has 0 heterocycles. The first-order valence-electron chi connectivity index (χ1n) is 3.04. The van der Waals surface area contributed by atoms with E-state index in [9.17, 15) is 9.59 Å². The van der Waals surface area contributed by atoms with Gasteiger partial charge in [-0.25, -0.2) is 9.59 Å². The van der Waals surface area contributed by atoms with Crippen LogP contribution in [0, 0.1) is 0 Å². The van der Waals surface area contributed by atoms with Gasteiger partial charge in [0.1, 0.15) is 0 Å². The third kappa shape index (κ3) is 3.34. The molecule has 0 aromatic heterocycles. The molecule has 1 atom stereocenters. The van der Waals surface area contributed by atoms with Crippen LogP contribution >= 0.6 is 11.6 Å². The average Bonchev–Trinajstić information content (AvgIpc) is 1.86. The Morgan fingerprint density at radius 1 is 1.64 bits per heavy atom. The molecule has 64 valence electrons. The number of halogens is 1. The summed E-state index contributed by atoms with van der Waals surface area (Å²) in [6.45, 7) is 2.83. The summed E-state index contributed by atoms with van der Waals surface area (Å²) in [5.41, 5.74) is -2.87. The normalized spacial score (nSPS) is 15.3. The van der Waals surface area contributed by atoms with Crippen molar-refractivity contribution in [3.63, 3.8) is 0 Å². The molecule has 0 fully saturated rings. The van der Waals surface area contributed by atoms with Crippen molar-refractivity contribution in [3.8, 4) is 0 Å². The van der Waals surface area contributed by atoms with E-state index in [-0.39, 0.29) is 6.42 Å². The maximum absolute atomic E-state index is 10.7. The van der Waals surface area contributed by atoms with E-state index in [1.165, 1.54) is 6.92 Å². The maximum Gasteiger partial charge on any atom is 0.411 e. The molecule has 0 aliphatic heterocycles. The van der Waals surface area contributed by atoms with Gasteiger partial charge in [0, 0.05) is 11.6 Å². The molecule has 1 unspecified atom stereocenters. The van der Waals surface area contributed by atoms with Gasteiger partial charge in [-0.3, -0.25) is 0 Å². The summed E-state index contributed by atoms with van der Waals surface area (Å²) >= 11 is 4.74. The Labute approximate surface area is 69.1 Å². The van der Waals surface area contributed by atoms with Crippen molar-refractivity contribution in [1.29, 1.82) is 0 Å². The molecular formula is C6H9ClO4. The second-order valence-corrected chi connectivity index (χ2v) is 2.56. The summed E-state index contributed by atoms with van der Waals surface area (Å²) in [7, 11) is 0. The molecule has 0 amide bonds. The highest BCUT2D eigenvalue weighted by Crippen LogP contribution is 2.11. The van der Waals surface area contributed by atoms with Crippen LogP contribution < -0.4 is 0 Å². The van der Waals surface area contributed by atoms with Gasteiger partial charge in [-0.05, 0) is 13.3 Å². The minimum atomic E-state index is -1.63. The van der Waals surface area contributed by atoms with E-state index in [2.05, 4.69) is 4.74 Å². The highest BCUT2D eigenvalue weighted by molar-refractivity contribution is 6.61. The van der Waals surface area contributed by atoms with E-state index >= 15 is 0 Å². The summed E-state index contributed by atoms with van der Waals surface area (Å²) in [6, 6.07) is 0. The Bertz CT molecular complexity index is 175. The van der Waals surface area contributed by atoms with Crippen LogP contribution in [0.3, 0.4) is 0 Å². The number of carbonyl (C=O) groups is 2. The van der Waals surface area contributed by atoms with Crippen molar-refractivity contribution in [3.05, 3.63) is 0 Å². The number of esters is 1. The molecular weight excluding hydrogens is 172 g/mol. The molecule has 0 aromatic rings. The third-order valence-electron chi connectivity index (χ3n) is 1.30. The fraction of sp³-hybridized carbons (Fsp3) is 0.667. The van der Waals surface area contributed by atoms with Crippen LogP contribution in [-0.2, 0) is 9.53 Å². The smallest absolute Gasteiger partial charge is 0.378 e. The fourth-order valence-corrected chi connectivity index (χ4v) is 0.397. The number of rotatable bonds is 2. The molecule has 0 radical (unpaired) electrons. The summed E-state index contributed by atoms with van der Waals surface area (Å²) in [5, 5.41) is 9.16. The van der Waals surface area contributed by atoms with Crippen molar-refractivity contribution in [2.45, 2.75) is 25.9 Å². The fourth-order valence-electron chi connectivity index (χ4n) is 0.327. The first kappa shape index (κ1) is 10.4. The predicted octanol–water partition coefficient (Wildman–Crippen LogP) is 1.05. The number of hydrogen-bond acceptors (Lipinski definition) is 4. The van der Waals surface area contributed by atoms with Gasteiger partial charge in [-0.1, -0.05) is 6.92 Å². The molecule has 0 spiro atoms. The first-order valence-corrected chi connectivity index (χ1v) is 3.42. The molecule has 0 aliphatic rings. The summed E-state index contributed by atoms with van der Waals surface area (Å²) in [5.74, 6) is -1.03. The van der Waals surface area contributed by atoms with Crippen molar-refractivity contribution < 1.29 is 19.4 Å². The topological polar surface area (TPSA) is 63.6 Å². The quantitative estimate of drug-likeness (QED) is 0.392. The Kier molecular flexibility index (Phi) is 3.48. The maximum atomic E-state index is 10.7. The Hall–Kier alpha value is -0.610. The number of carbonyl (C=O) groups excluding carboxylic acids is 2. The zero-order chi connectivity index (χ0) is 9.07. The Morgan fingerprint density at radius 3 is 2.36 bits per heavy atom. The van der Waals surface area contributed by atoms with Gasteiger partial charge >= 0.3 is 11.4 Å². The van der Waals surface area contributed by atoms with Crippen LogP contribution in [0.2, 0.25) is 0 Å². The standard InChI is InChI=1S/C6H9ClO4/c1-3-6(2,10)4(8)11-5(7)9/h10H,3H2,1-2H3. The van der Waals surface area contributed by atoms with Gasteiger partial charge in [-0.15, -0.1) is 0 Å². The Morgan fingerprint density at radius 2 is 2.09 bits per heavy atom. The molecule has 0 aromatic carbocycles. The van der Waals surface area contributed by atoms with E-state index in [0.29, 0.717) is 0 Å². The monoisotopic (exact) mass is 180 g/mol. The second-order valence-electron chi connectivity index (χ2n) is 2.25. The van der Waals surface area contributed by atoms with Gasteiger partial charge in [0.25, 0.3) is 0 Å². The third-order valence-corrected chi connectivity index (χ3v) is 1.38. The van der Waals surface area contributed by atoms with Crippen molar-refractivity contribution in [2.75, 3.05) is 0 Å². The van der Waals surface area contributed by atoms with Crippen molar-refractivity contribution in [2.24, 2.45) is 0 Å². The molecule has 0 saturated carbocycles. The van der Waals surface area contributed by atoms with E-state index < -0.39 is 17.0 Å². The Balaban J connectivity index is 4.13. The lowest BCUT2D eigenvalue weighted by Crippen LogP contribution is -2.36. The summed E-state index contributed by atoms with van der Waals surface area (Å²) in [4.78, 5) is 20.8. The molecule has 0 rings (SSSR count). The van der Waals surface area contributed by atoms with Gasteiger partial charge in [-0.2, -0.15) is 0 Å². The van der Waals surface area contributed by atoms with Crippen molar-refractivity contribution in [1.82, 2.24) is 0 Å². The predicted molar refractivity (Wildman–Crippen MR) is 38.3 cm³/mol. The zero-order valence-corrected chi connectivity index (χ0v) is 7.01. The minimum Gasteiger partial charge on any atom is -0.378 e. The molecule has 5 heteroatoms. The highest BCUT2D eigenvalue weighted by atomic mass is 35.5. The van der Waals surface area contributed by atoms with Crippen LogP contribution in [0.15, 0.2) is 0 Å². The summed E-state index contributed by atoms with van der Waals surface area (Å²) in [6.07, 6.45) is 0.163. The molecule has 0 bridgehead atoms. The molecule has 4 nitrogen and oxygen atoms in total. The van der Waals surface area contributed by atoms with E-state index in [0.717, 1.165) is 0 Å². The van der Waals surface area contributed by atoms with E-state index in [4.69, 9.17) is 16.7 Å². The summed E-state index contributed by atoms with van der Waals surface area (Å²) < 4.78 is 3.94. The largest absolute Gasteiger partial charge is 0.411 e. The number of aliphatic hydroxyl groups is 1. The van der Waals surface area contributed by atoms with Crippen LogP contribution in [-0.4, -0.2) is 22.1 Å². The van der Waals surface area contributed by atoms with E-state index in [1.54, 1.807) is 6.92 Å². The average molecular weight is 181 g/mol. The van der Waals surface area contributed by atoms with Gasteiger partial charge in [0.05, 0.1) is 0 Å².